The summed E-state index contributed by atoms with van der Waals surface area (Å²) in [6.07, 6.45) is 3.43. The van der Waals surface area contributed by atoms with E-state index in [-0.39, 0.29) is 0 Å². The second-order valence-electron chi connectivity index (χ2n) is 4.76. The summed E-state index contributed by atoms with van der Waals surface area (Å²) >= 11 is 6.08. The molecule has 0 saturated heterocycles. The molecular weight excluding hydrogens is 244 g/mol. The van der Waals surface area contributed by atoms with Crippen molar-refractivity contribution >= 4 is 11.6 Å². The number of aromatic nitrogens is 2. The molecule has 1 aromatic heterocycles. The van der Waals surface area contributed by atoms with Crippen molar-refractivity contribution in [1.29, 1.82) is 0 Å². The molecule has 0 bridgehead atoms. The monoisotopic (exact) mass is 258 g/mol. The molecule has 0 atom stereocenters. The van der Waals surface area contributed by atoms with Crippen molar-refractivity contribution in [2.75, 3.05) is 0 Å². The second kappa shape index (κ2) is 4.69. The van der Waals surface area contributed by atoms with Crippen LogP contribution < -0.4 is 0 Å². The fourth-order valence-electron chi connectivity index (χ4n) is 2.02. The molecule has 3 rings (SSSR count). The van der Waals surface area contributed by atoms with E-state index in [0.29, 0.717) is 11.1 Å². The molecule has 0 radical (unpaired) electrons. The third-order valence-corrected chi connectivity index (χ3v) is 3.51. The summed E-state index contributed by atoms with van der Waals surface area (Å²) in [6.45, 7) is 2.15. The van der Waals surface area contributed by atoms with Crippen LogP contribution in [0.2, 0.25) is 5.15 Å². The minimum Gasteiger partial charge on any atom is -0.232 e. The highest BCUT2D eigenvalue weighted by molar-refractivity contribution is 6.29. The summed E-state index contributed by atoms with van der Waals surface area (Å²) in [5, 5.41) is 0.543. The van der Waals surface area contributed by atoms with Crippen LogP contribution in [0.25, 0.3) is 11.3 Å². The van der Waals surface area contributed by atoms with Crippen molar-refractivity contribution in [3.63, 3.8) is 0 Å². The third kappa shape index (κ3) is 2.39. The van der Waals surface area contributed by atoms with Gasteiger partial charge >= 0.3 is 0 Å². The minimum absolute atomic E-state index is 0.525. The van der Waals surface area contributed by atoms with Gasteiger partial charge in [0, 0.05) is 17.5 Å². The van der Waals surface area contributed by atoms with Gasteiger partial charge < -0.3 is 0 Å². The Kier molecular flexibility index (Phi) is 3.04. The predicted molar refractivity (Wildman–Crippen MR) is 73.8 cm³/mol. The Morgan fingerprint density at radius 3 is 2.50 bits per heavy atom. The van der Waals surface area contributed by atoms with Crippen LogP contribution in [0.1, 0.15) is 37.1 Å². The van der Waals surface area contributed by atoms with Crippen LogP contribution in [0, 0.1) is 0 Å². The lowest BCUT2D eigenvalue weighted by molar-refractivity contribution is 0.931. The summed E-state index contributed by atoms with van der Waals surface area (Å²) in [5.41, 5.74) is 3.37. The zero-order chi connectivity index (χ0) is 12.5. The van der Waals surface area contributed by atoms with E-state index in [1.54, 1.807) is 0 Å². The minimum atomic E-state index is 0.525. The summed E-state index contributed by atoms with van der Waals surface area (Å²) in [4.78, 5) is 8.94. The van der Waals surface area contributed by atoms with Crippen LogP contribution in [0.5, 0.6) is 0 Å². The largest absolute Gasteiger partial charge is 0.232 e. The Morgan fingerprint density at radius 2 is 1.89 bits per heavy atom. The van der Waals surface area contributed by atoms with Crippen LogP contribution in [0.15, 0.2) is 30.3 Å². The van der Waals surface area contributed by atoms with Crippen molar-refractivity contribution in [3.05, 3.63) is 46.9 Å². The quantitative estimate of drug-likeness (QED) is 0.770. The first kappa shape index (κ1) is 11.7. The summed E-state index contributed by atoms with van der Waals surface area (Å²) in [7, 11) is 0. The number of hydrogen-bond acceptors (Lipinski definition) is 2. The van der Waals surface area contributed by atoms with Crippen molar-refractivity contribution < 1.29 is 0 Å². The molecule has 1 aliphatic rings. The highest BCUT2D eigenvalue weighted by atomic mass is 35.5. The maximum atomic E-state index is 6.08. The van der Waals surface area contributed by atoms with Gasteiger partial charge in [0.1, 0.15) is 11.0 Å². The first-order valence-electron chi connectivity index (χ1n) is 6.40. The predicted octanol–water partition coefficient (Wildman–Crippen LogP) is 4.24. The van der Waals surface area contributed by atoms with E-state index in [1.165, 1.54) is 18.4 Å². The van der Waals surface area contributed by atoms with Gasteiger partial charge in [-0.3, -0.25) is 0 Å². The van der Waals surface area contributed by atoms with E-state index in [2.05, 4.69) is 41.2 Å². The smallest absolute Gasteiger partial charge is 0.133 e. The lowest BCUT2D eigenvalue weighted by Gasteiger charge is -2.05. The zero-order valence-electron chi connectivity index (χ0n) is 10.4. The Bertz CT molecular complexity index is 559. The standard InChI is InChI=1S/C15H15ClN2/c1-2-10-3-5-11(6-4-10)13-9-14(16)18-15(17-13)12-7-8-12/h3-6,9,12H,2,7-8H2,1H3. The average Bonchev–Trinajstić information content (AvgIpc) is 3.22. The van der Waals surface area contributed by atoms with Crippen molar-refractivity contribution in [2.45, 2.75) is 32.1 Å². The van der Waals surface area contributed by atoms with Crippen LogP contribution in [-0.4, -0.2) is 9.97 Å². The fraction of sp³-hybridized carbons (Fsp3) is 0.333. The van der Waals surface area contributed by atoms with Gasteiger partial charge in [0.15, 0.2) is 0 Å². The second-order valence-corrected chi connectivity index (χ2v) is 5.15. The van der Waals surface area contributed by atoms with Gasteiger partial charge in [0.05, 0.1) is 5.69 Å². The zero-order valence-corrected chi connectivity index (χ0v) is 11.1. The maximum Gasteiger partial charge on any atom is 0.133 e. The number of aryl methyl sites for hydroxylation is 1. The van der Waals surface area contributed by atoms with Crippen LogP contribution >= 0.6 is 11.6 Å². The molecule has 0 aliphatic heterocycles. The number of benzene rings is 1. The third-order valence-electron chi connectivity index (χ3n) is 3.31. The number of nitrogens with zero attached hydrogens (tertiary/aromatic N) is 2. The van der Waals surface area contributed by atoms with Gasteiger partial charge in [-0.05, 0) is 24.8 Å². The molecule has 1 heterocycles. The SMILES string of the molecule is CCc1ccc(-c2cc(Cl)nc(C3CC3)n2)cc1. The lowest BCUT2D eigenvalue weighted by Crippen LogP contribution is -1.95. The van der Waals surface area contributed by atoms with Crippen LogP contribution in [0.3, 0.4) is 0 Å². The van der Waals surface area contributed by atoms with E-state index >= 15 is 0 Å². The first-order chi connectivity index (χ1) is 8.76. The van der Waals surface area contributed by atoms with Gasteiger partial charge in [-0.25, -0.2) is 9.97 Å². The van der Waals surface area contributed by atoms with Crippen molar-refractivity contribution in [1.82, 2.24) is 9.97 Å². The van der Waals surface area contributed by atoms with Gasteiger partial charge in [-0.2, -0.15) is 0 Å². The van der Waals surface area contributed by atoms with Crippen molar-refractivity contribution in [3.8, 4) is 11.3 Å². The van der Waals surface area contributed by atoms with E-state index in [0.717, 1.165) is 23.5 Å². The molecule has 1 saturated carbocycles. The molecular formula is C15H15ClN2. The maximum absolute atomic E-state index is 6.08. The van der Waals surface area contributed by atoms with Gasteiger partial charge in [0.2, 0.25) is 0 Å². The van der Waals surface area contributed by atoms with Gasteiger partial charge in [-0.15, -0.1) is 0 Å². The van der Waals surface area contributed by atoms with Crippen LogP contribution in [-0.2, 0) is 6.42 Å². The van der Waals surface area contributed by atoms with Crippen molar-refractivity contribution in [2.24, 2.45) is 0 Å². The highest BCUT2D eigenvalue weighted by Crippen LogP contribution is 2.39. The molecule has 0 spiro atoms. The molecule has 2 nitrogen and oxygen atoms in total. The molecule has 1 fully saturated rings. The molecule has 0 amide bonds. The number of halogens is 1. The Morgan fingerprint density at radius 1 is 1.17 bits per heavy atom. The molecule has 0 unspecified atom stereocenters. The summed E-state index contributed by atoms with van der Waals surface area (Å²) in [5.74, 6) is 1.43. The van der Waals surface area contributed by atoms with Gasteiger partial charge in [0.25, 0.3) is 0 Å². The molecule has 1 aliphatic carbocycles. The molecule has 92 valence electrons. The van der Waals surface area contributed by atoms with E-state index in [9.17, 15) is 0 Å². The Balaban J connectivity index is 1.98. The molecule has 3 heteroatoms. The first-order valence-corrected chi connectivity index (χ1v) is 6.78. The van der Waals surface area contributed by atoms with Crippen LogP contribution in [0.4, 0.5) is 0 Å². The molecule has 0 N–H and O–H groups in total. The molecule has 1 aromatic carbocycles. The summed E-state index contributed by atoms with van der Waals surface area (Å²) < 4.78 is 0. The Hall–Kier alpha value is -1.41. The topological polar surface area (TPSA) is 25.8 Å². The lowest BCUT2D eigenvalue weighted by atomic mass is 10.1. The van der Waals surface area contributed by atoms with E-state index in [4.69, 9.17) is 11.6 Å². The van der Waals surface area contributed by atoms with E-state index < -0.39 is 0 Å². The normalized spacial score (nSPS) is 14.8. The number of hydrogen-bond donors (Lipinski definition) is 0. The fourth-order valence-corrected chi connectivity index (χ4v) is 2.21. The number of rotatable bonds is 3. The van der Waals surface area contributed by atoms with E-state index in [1.807, 2.05) is 6.07 Å². The molecule has 18 heavy (non-hydrogen) atoms. The highest BCUT2D eigenvalue weighted by Gasteiger charge is 2.27. The average molecular weight is 259 g/mol. The molecule has 2 aromatic rings. The summed E-state index contributed by atoms with van der Waals surface area (Å²) in [6, 6.07) is 10.3. The van der Waals surface area contributed by atoms with Gasteiger partial charge in [-0.1, -0.05) is 42.8 Å². The Labute approximate surface area is 112 Å².